The fraction of sp³-hybridized carbons (Fsp3) is 0.300. The summed E-state index contributed by atoms with van der Waals surface area (Å²) in [5.41, 5.74) is 1.31. The van der Waals surface area contributed by atoms with Crippen LogP contribution in [0.25, 0.3) is 5.65 Å². The van der Waals surface area contributed by atoms with Gasteiger partial charge in [-0.2, -0.15) is 17.2 Å². The van der Waals surface area contributed by atoms with Crippen molar-refractivity contribution in [2.75, 3.05) is 23.3 Å². The largest absolute Gasteiger partial charge is 1.00 e. The van der Waals surface area contributed by atoms with Gasteiger partial charge in [-0.15, -0.1) is 18.2 Å². The maximum atomic E-state index is 14.1. The Balaban J connectivity index is 0.000000405. The van der Waals surface area contributed by atoms with Crippen molar-refractivity contribution >= 4 is 23.2 Å². The van der Waals surface area contributed by atoms with Crippen LogP contribution in [-0.4, -0.2) is 44.7 Å². The second-order valence-corrected chi connectivity index (χ2v) is 6.58. The molecule has 154 valence electrons. The summed E-state index contributed by atoms with van der Waals surface area (Å²) in [6, 6.07) is 5.90. The number of aromatic nitrogens is 4. The molecule has 0 spiro atoms. The third kappa shape index (κ3) is 5.57. The van der Waals surface area contributed by atoms with Crippen LogP contribution in [0.1, 0.15) is 18.3 Å². The Morgan fingerprint density at radius 3 is 2.90 bits per heavy atom. The van der Waals surface area contributed by atoms with Gasteiger partial charge in [-0.3, -0.25) is 0 Å². The number of halogens is 1. The molecule has 0 saturated heterocycles. The minimum Gasteiger partial charge on any atom is -0.373 e. The van der Waals surface area contributed by atoms with Gasteiger partial charge in [0.1, 0.15) is 5.82 Å². The van der Waals surface area contributed by atoms with E-state index in [1.54, 1.807) is 19.2 Å². The van der Waals surface area contributed by atoms with Crippen molar-refractivity contribution in [3.63, 3.8) is 0 Å². The third-order valence-corrected chi connectivity index (χ3v) is 4.15. The number of nitrogens with one attached hydrogen (secondary N) is 2. The number of carbonyl (C=O) groups excluding carboxylic acids is 1. The van der Waals surface area contributed by atoms with Crippen molar-refractivity contribution in [3.05, 3.63) is 61.6 Å². The number of carbonyl (C=O) groups is 1. The van der Waals surface area contributed by atoms with Crippen LogP contribution >= 0.6 is 0 Å². The van der Waals surface area contributed by atoms with Crippen LogP contribution in [-0.2, 0) is 6.42 Å². The first kappa shape index (κ1) is 23.8. The van der Waals surface area contributed by atoms with E-state index in [9.17, 15) is 9.18 Å². The number of fused-ring (bicyclic) bond motifs is 2. The van der Waals surface area contributed by atoms with E-state index in [1.807, 2.05) is 6.92 Å². The van der Waals surface area contributed by atoms with Crippen molar-refractivity contribution in [2.45, 2.75) is 26.3 Å². The molecular weight excluding hydrogens is 380 g/mol. The molecule has 2 N–H and O–H groups in total. The van der Waals surface area contributed by atoms with E-state index in [4.69, 9.17) is 0 Å². The van der Waals surface area contributed by atoms with E-state index in [0.29, 0.717) is 36.3 Å². The molecule has 0 saturated carbocycles. The van der Waals surface area contributed by atoms with E-state index in [-0.39, 0.29) is 24.5 Å². The molecule has 0 aromatic carbocycles. The average Bonchev–Trinajstić information content (AvgIpc) is 3.25. The van der Waals surface area contributed by atoms with Gasteiger partial charge in [0.25, 0.3) is 0 Å². The molecule has 1 atom stereocenters. The zero-order chi connectivity index (χ0) is 21.0. The molecule has 1 aliphatic rings. The molecule has 0 unspecified atom stereocenters. The van der Waals surface area contributed by atoms with E-state index >= 15 is 0 Å². The van der Waals surface area contributed by atoms with Crippen molar-refractivity contribution in [2.24, 2.45) is 0 Å². The van der Waals surface area contributed by atoms with E-state index in [2.05, 4.69) is 45.6 Å². The van der Waals surface area contributed by atoms with Crippen molar-refractivity contribution in [3.8, 4) is 0 Å². The van der Waals surface area contributed by atoms with Gasteiger partial charge in [-0.25, -0.2) is 18.7 Å². The summed E-state index contributed by atoms with van der Waals surface area (Å²) in [4.78, 5) is 22.2. The van der Waals surface area contributed by atoms with Crippen LogP contribution < -0.4 is 34.4 Å². The Morgan fingerprint density at radius 1 is 1.47 bits per heavy atom. The second-order valence-electron chi connectivity index (χ2n) is 6.58. The van der Waals surface area contributed by atoms with Gasteiger partial charge < -0.3 is 34.4 Å². The predicted molar refractivity (Wildman–Crippen MR) is 109 cm³/mol. The van der Waals surface area contributed by atoms with Gasteiger partial charge in [-0.05, 0) is 13.3 Å². The number of nitrogens with zero attached hydrogens (tertiary/aromatic N) is 5. The minimum absolute atomic E-state index is 0. The molecule has 10 heteroatoms. The second kappa shape index (κ2) is 10.5. The Labute approximate surface area is 187 Å². The summed E-state index contributed by atoms with van der Waals surface area (Å²) in [5, 5.41) is 9.66. The molecule has 0 bridgehead atoms. The molecule has 0 aliphatic carbocycles. The average molecular weight is 403 g/mol. The monoisotopic (exact) mass is 403 g/mol. The fourth-order valence-electron chi connectivity index (χ4n) is 2.87. The van der Waals surface area contributed by atoms with Crippen LogP contribution in [0, 0.1) is 32.7 Å². The Morgan fingerprint density at radius 2 is 2.23 bits per heavy atom. The third-order valence-electron chi connectivity index (χ3n) is 4.15. The number of urea groups is 1. The summed E-state index contributed by atoms with van der Waals surface area (Å²) >= 11 is 0. The topological polar surface area (TPSA) is 87.5 Å². The molecule has 4 heterocycles. The van der Waals surface area contributed by atoms with Gasteiger partial charge in [0, 0.05) is 18.4 Å². The minimum atomic E-state index is -0.565. The molecule has 0 fully saturated rings. The van der Waals surface area contributed by atoms with E-state index in [1.165, 1.54) is 21.7 Å². The van der Waals surface area contributed by atoms with Gasteiger partial charge in [0.2, 0.25) is 0 Å². The molecule has 1 aliphatic heterocycles. The Hall–Kier alpha value is -2.47. The van der Waals surface area contributed by atoms with E-state index in [0.717, 1.165) is 12.1 Å². The SMILES string of the molecule is Cc1nc2cc(F)c(NC(=O)N3CCc4[c-]ccnc43)cn2n1.[CH2-]CN[C@H]([CH2-])C.[Li+]. The first-order chi connectivity index (χ1) is 13.9. The molecule has 30 heavy (non-hydrogen) atoms. The standard InChI is InChI=1S/C15H12FN6O.C5H11N.Li/c1-9-18-13-7-11(16)12(8-22(13)20-9)19-15(23)21-6-4-10-3-2-5-17-14(10)21;1-4-6-5(2)3;/h2,5,7-8H,4,6H2,1H3,(H,19,23);5-6H,1-2,4H2,3H3;/q-1;-2;+1/t;5-;/m.1./s1. The van der Waals surface area contributed by atoms with Gasteiger partial charge in [-0.1, -0.05) is 13.1 Å². The van der Waals surface area contributed by atoms with Crippen molar-refractivity contribution in [1.82, 2.24) is 24.9 Å². The van der Waals surface area contributed by atoms with Crippen LogP contribution in [0.3, 0.4) is 0 Å². The number of amides is 2. The van der Waals surface area contributed by atoms with Crippen molar-refractivity contribution in [1.29, 1.82) is 0 Å². The maximum Gasteiger partial charge on any atom is 1.00 e. The number of aryl methyl sites for hydroxylation is 1. The first-order valence-corrected chi connectivity index (χ1v) is 9.21. The maximum absolute atomic E-state index is 14.1. The van der Waals surface area contributed by atoms with Gasteiger partial charge in [0.15, 0.2) is 11.5 Å². The number of pyridine rings is 2. The van der Waals surface area contributed by atoms with E-state index < -0.39 is 11.8 Å². The molecular formula is C20H23FLiN7O-2. The molecule has 4 rings (SSSR count). The Bertz CT molecular complexity index is 1010. The summed E-state index contributed by atoms with van der Waals surface area (Å²) in [7, 11) is 0. The van der Waals surface area contributed by atoms with Gasteiger partial charge >= 0.3 is 24.9 Å². The molecule has 8 nitrogen and oxygen atoms in total. The van der Waals surface area contributed by atoms with Crippen LogP contribution in [0.2, 0.25) is 0 Å². The molecule has 2 amide bonds. The summed E-state index contributed by atoms with van der Waals surface area (Å²) < 4.78 is 15.6. The number of anilines is 2. The van der Waals surface area contributed by atoms with Gasteiger partial charge in [0.05, 0.1) is 11.9 Å². The number of hydrogen-bond donors (Lipinski definition) is 2. The quantitative estimate of drug-likeness (QED) is 0.459. The number of hydrogen-bond acceptors (Lipinski definition) is 5. The molecule has 0 radical (unpaired) electrons. The predicted octanol–water partition coefficient (Wildman–Crippen LogP) is -0.397. The van der Waals surface area contributed by atoms with Crippen LogP contribution in [0.4, 0.5) is 20.7 Å². The Kier molecular flexibility index (Phi) is 8.35. The smallest absolute Gasteiger partial charge is 0.373 e. The summed E-state index contributed by atoms with van der Waals surface area (Å²) in [6.45, 7) is 12.2. The van der Waals surface area contributed by atoms with Crippen LogP contribution in [0.5, 0.6) is 0 Å². The first-order valence-electron chi connectivity index (χ1n) is 9.21. The number of rotatable bonds is 3. The normalized spacial score (nSPS) is 13.2. The molecule has 3 aromatic rings. The summed E-state index contributed by atoms with van der Waals surface area (Å²) in [6.07, 6.45) is 3.67. The van der Waals surface area contributed by atoms with Crippen LogP contribution in [0.15, 0.2) is 24.5 Å². The zero-order valence-corrected chi connectivity index (χ0v) is 17.4. The summed E-state index contributed by atoms with van der Waals surface area (Å²) in [5.74, 6) is 0.523. The fourth-order valence-corrected chi connectivity index (χ4v) is 2.87. The van der Waals surface area contributed by atoms with Crippen molar-refractivity contribution < 1.29 is 28.0 Å². The molecule has 3 aromatic heterocycles. The zero-order valence-electron chi connectivity index (χ0n) is 17.4.